The summed E-state index contributed by atoms with van der Waals surface area (Å²) in [6.07, 6.45) is 5.56. The fraction of sp³-hybridized carbons (Fsp3) is 0.619. The Morgan fingerprint density at radius 2 is 1.82 bits per heavy atom. The molecule has 2 saturated carbocycles. The third-order valence-corrected chi connectivity index (χ3v) is 6.69. The van der Waals surface area contributed by atoms with E-state index in [1.54, 1.807) is 0 Å². The maximum Gasteiger partial charge on any atom is 0.252 e. The molecule has 2 unspecified atom stereocenters. The Bertz CT molecular complexity index is 671. The summed E-state index contributed by atoms with van der Waals surface area (Å²) in [5.41, 5.74) is 6.86. The molecule has 4 N–H and O–H groups in total. The molecule has 2 aliphatic carbocycles. The molecule has 2 bridgehead atoms. The van der Waals surface area contributed by atoms with Gasteiger partial charge < -0.3 is 16.4 Å². The highest BCUT2D eigenvalue weighted by molar-refractivity contribution is 8.00. The van der Waals surface area contributed by atoms with Crippen molar-refractivity contribution in [1.82, 2.24) is 10.6 Å². The van der Waals surface area contributed by atoms with Crippen LogP contribution in [0.25, 0.3) is 0 Å². The molecule has 0 aliphatic heterocycles. The van der Waals surface area contributed by atoms with E-state index in [1.807, 2.05) is 38.1 Å². The fourth-order valence-electron chi connectivity index (χ4n) is 4.54. The summed E-state index contributed by atoms with van der Waals surface area (Å²) in [4.78, 5) is 25.8. The summed E-state index contributed by atoms with van der Waals surface area (Å²) in [7, 11) is 0. The summed E-state index contributed by atoms with van der Waals surface area (Å²) in [5.74, 6) is 1.26. The van der Waals surface area contributed by atoms with Crippen LogP contribution < -0.4 is 16.4 Å². The molecule has 2 aliphatic rings. The minimum absolute atomic E-state index is 0. The third kappa shape index (κ3) is 5.88. The predicted molar refractivity (Wildman–Crippen MR) is 117 cm³/mol. The van der Waals surface area contributed by atoms with Gasteiger partial charge in [-0.05, 0) is 63.5 Å². The van der Waals surface area contributed by atoms with Crippen molar-refractivity contribution in [2.75, 3.05) is 5.75 Å². The molecule has 3 rings (SSSR count). The number of carbonyl (C=O) groups excluding carboxylic acids is 2. The van der Waals surface area contributed by atoms with Gasteiger partial charge in [0.1, 0.15) is 0 Å². The van der Waals surface area contributed by atoms with E-state index in [9.17, 15) is 9.59 Å². The van der Waals surface area contributed by atoms with Gasteiger partial charge in [0.2, 0.25) is 5.91 Å². The van der Waals surface area contributed by atoms with Gasteiger partial charge in [0.25, 0.3) is 5.91 Å². The normalized spacial score (nSPS) is 26.3. The minimum atomic E-state index is -0.0280. The lowest BCUT2D eigenvalue weighted by Crippen LogP contribution is -2.53. The molecule has 0 heterocycles. The molecule has 0 radical (unpaired) electrons. The molecule has 5 nitrogen and oxygen atoms in total. The second-order valence-electron chi connectivity index (χ2n) is 8.19. The molecular formula is C21H32ClN3O2S. The Hall–Kier alpha value is -1.24. The van der Waals surface area contributed by atoms with E-state index in [1.165, 1.54) is 18.2 Å². The molecule has 0 saturated heterocycles. The van der Waals surface area contributed by atoms with Crippen molar-refractivity contribution in [3.63, 3.8) is 0 Å². The molecule has 2 fully saturated rings. The van der Waals surface area contributed by atoms with Crippen LogP contribution in [0.4, 0.5) is 0 Å². The first-order valence-corrected chi connectivity index (χ1v) is 11.0. The summed E-state index contributed by atoms with van der Waals surface area (Å²) in [6.45, 7) is 3.88. The average molecular weight is 426 g/mol. The summed E-state index contributed by atoms with van der Waals surface area (Å²) < 4.78 is 0. The van der Waals surface area contributed by atoms with Gasteiger partial charge in [-0.3, -0.25) is 9.59 Å². The van der Waals surface area contributed by atoms with Crippen LogP contribution in [-0.4, -0.2) is 35.7 Å². The van der Waals surface area contributed by atoms with E-state index < -0.39 is 0 Å². The highest BCUT2D eigenvalue weighted by Crippen LogP contribution is 2.40. The van der Waals surface area contributed by atoms with Gasteiger partial charge in [0, 0.05) is 23.0 Å². The number of benzene rings is 1. The van der Waals surface area contributed by atoms with Crippen LogP contribution in [-0.2, 0) is 4.79 Å². The summed E-state index contributed by atoms with van der Waals surface area (Å²) in [5, 5.41) is 6.20. The highest BCUT2D eigenvalue weighted by Gasteiger charge is 2.40. The van der Waals surface area contributed by atoms with Crippen molar-refractivity contribution >= 4 is 36.0 Å². The van der Waals surface area contributed by atoms with Crippen LogP contribution in [0.2, 0.25) is 0 Å². The summed E-state index contributed by atoms with van der Waals surface area (Å²) in [6, 6.07) is 8.18. The van der Waals surface area contributed by atoms with E-state index in [0.29, 0.717) is 23.2 Å². The Balaban J connectivity index is 0.00000280. The Morgan fingerprint density at radius 1 is 1.18 bits per heavy atom. The minimum Gasteiger partial charge on any atom is -0.353 e. The lowest BCUT2D eigenvalue weighted by Gasteiger charge is -2.45. The number of halogens is 1. The molecule has 0 aromatic heterocycles. The quantitative estimate of drug-likeness (QED) is 0.610. The molecule has 7 heteroatoms. The lowest BCUT2D eigenvalue weighted by atomic mass is 9.67. The largest absolute Gasteiger partial charge is 0.353 e. The number of carbonyl (C=O) groups is 2. The second kappa shape index (κ2) is 10.5. The second-order valence-corrected chi connectivity index (χ2v) is 9.21. The molecule has 1 aromatic carbocycles. The Labute approximate surface area is 178 Å². The van der Waals surface area contributed by atoms with Crippen LogP contribution in [0.5, 0.6) is 0 Å². The number of fused-ring (bicyclic) bond motifs is 2. The monoisotopic (exact) mass is 425 g/mol. The first kappa shape index (κ1) is 23.0. The molecule has 28 heavy (non-hydrogen) atoms. The standard InChI is InChI=1S/C21H31N3O2S.ClH/c1-13(2)23-19(25)12-27-18-9-4-3-8-17(18)21(26)24-20-14-6-5-7-15(20)11-16(22)10-14;/h3-4,8-9,13-16,20H,5-7,10-12,22H2,1-2H3,(H,23,25)(H,24,26);1H. The van der Waals surface area contributed by atoms with Crippen LogP contribution in [0.15, 0.2) is 29.2 Å². The molecule has 0 spiro atoms. The molecule has 2 atom stereocenters. The van der Waals surface area contributed by atoms with Gasteiger partial charge >= 0.3 is 0 Å². The van der Waals surface area contributed by atoms with Crippen LogP contribution in [0, 0.1) is 11.8 Å². The van der Waals surface area contributed by atoms with Crippen molar-refractivity contribution in [3.05, 3.63) is 29.8 Å². The van der Waals surface area contributed by atoms with Gasteiger partial charge in [-0.15, -0.1) is 24.2 Å². The van der Waals surface area contributed by atoms with Crippen molar-refractivity contribution in [2.24, 2.45) is 17.6 Å². The predicted octanol–water partition coefficient (Wildman–Crippen LogP) is 3.36. The first-order chi connectivity index (χ1) is 12.9. The third-order valence-electron chi connectivity index (χ3n) is 5.61. The Morgan fingerprint density at radius 3 is 2.46 bits per heavy atom. The van der Waals surface area contributed by atoms with Crippen molar-refractivity contribution in [2.45, 2.75) is 69.0 Å². The van der Waals surface area contributed by atoms with Crippen molar-refractivity contribution in [1.29, 1.82) is 0 Å². The molecule has 156 valence electrons. The van der Waals surface area contributed by atoms with Gasteiger partial charge in [0.15, 0.2) is 0 Å². The van der Waals surface area contributed by atoms with Gasteiger partial charge in [-0.25, -0.2) is 0 Å². The smallest absolute Gasteiger partial charge is 0.252 e. The van der Waals surface area contributed by atoms with Crippen LogP contribution >= 0.6 is 24.2 Å². The van der Waals surface area contributed by atoms with Gasteiger partial charge in [0.05, 0.1) is 11.3 Å². The number of rotatable bonds is 6. The number of nitrogens with two attached hydrogens (primary N) is 1. The summed E-state index contributed by atoms with van der Waals surface area (Å²) >= 11 is 1.42. The van der Waals surface area contributed by atoms with Crippen LogP contribution in [0.1, 0.15) is 56.3 Å². The zero-order valence-corrected chi connectivity index (χ0v) is 18.3. The maximum absolute atomic E-state index is 13.0. The number of nitrogens with one attached hydrogen (secondary N) is 2. The molecule has 2 amide bonds. The number of hydrogen-bond acceptors (Lipinski definition) is 4. The number of amides is 2. The highest BCUT2D eigenvalue weighted by atomic mass is 35.5. The average Bonchev–Trinajstić information content (AvgIpc) is 2.60. The molecular weight excluding hydrogens is 394 g/mol. The number of thioether (sulfide) groups is 1. The van der Waals surface area contributed by atoms with Gasteiger partial charge in [-0.2, -0.15) is 0 Å². The maximum atomic E-state index is 13.0. The van der Waals surface area contributed by atoms with Crippen molar-refractivity contribution < 1.29 is 9.59 Å². The topological polar surface area (TPSA) is 84.2 Å². The first-order valence-electron chi connectivity index (χ1n) is 10.0. The SMILES string of the molecule is CC(C)NC(=O)CSc1ccccc1C(=O)NC1C2CCCC1CC(N)C2.Cl. The van der Waals surface area contributed by atoms with E-state index in [2.05, 4.69) is 10.6 Å². The number of hydrogen-bond donors (Lipinski definition) is 3. The van der Waals surface area contributed by atoms with E-state index in [-0.39, 0.29) is 42.3 Å². The fourth-order valence-corrected chi connectivity index (χ4v) is 5.40. The van der Waals surface area contributed by atoms with Crippen molar-refractivity contribution in [3.8, 4) is 0 Å². The van der Waals surface area contributed by atoms with E-state index in [0.717, 1.165) is 30.6 Å². The van der Waals surface area contributed by atoms with E-state index >= 15 is 0 Å². The zero-order valence-electron chi connectivity index (χ0n) is 16.6. The Kier molecular flexibility index (Phi) is 8.65. The van der Waals surface area contributed by atoms with Gasteiger partial charge in [-0.1, -0.05) is 18.6 Å². The zero-order chi connectivity index (χ0) is 19.4. The lowest BCUT2D eigenvalue weighted by molar-refractivity contribution is -0.119. The molecule has 1 aromatic rings. The van der Waals surface area contributed by atoms with Crippen LogP contribution in [0.3, 0.4) is 0 Å². The van der Waals surface area contributed by atoms with E-state index in [4.69, 9.17) is 5.73 Å².